The Kier molecular flexibility index (Phi) is 5.62. The van der Waals surface area contributed by atoms with Gasteiger partial charge < -0.3 is 5.32 Å². The van der Waals surface area contributed by atoms with Crippen molar-refractivity contribution in [2.75, 3.05) is 5.32 Å². The molecule has 29 heavy (non-hydrogen) atoms. The van der Waals surface area contributed by atoms with Crippen LogP contribution in [0, 0.1) is 6.92 Å². The fourth-order valence-electron chi connectivity index (χ4n) is 2.65. The van der Waals surface area contributed by atoms with Crippen LogP contribution in [0.4, 0.5) is 5.69 Å². The number of benzene rings is 2. The van der Waals surface area contributed by atoms with Crippen LogP contribution in [0.5, 0.6) is 0 Å². The van der Waals surface area contributed by atoms with Crippen LogP contribution in [0.1, 0.15) is 10.6 Å². The topological polar surface area (TPSA) is 72.7 Å². The molecule has 6 nitrogen and oxygen atoms in total. The number of anilines is 1. The molecule has 0 saturated carbocycles. The Morgan fingerprint density at radius 1 is 1.10 bits per heavy atom. The lowest BCUT2D eigenvalue weighted by Gasteiger charge is -2.10. The van der Waals surface area contributed by atoms with Gasteiger partial charge in [0.15, 0.2) is 0 Å². The quantitative estimate of drug-likeness (QED) is 0.470. The van der Waals surface area contributed by atoms with Crippen LogP contribution >= 0.6 is 34.5 Å². The molecule has 0 saturated heterocycles. The van der Waals surface area contributed by atoms with Crippen molar-refractivity contribution in [3.63, 3.8) is 0 Å². The van der Waals surface area contributed by atoms with Crippen molar-refractivity contribution in [3.05, 3.63) is 85.7 Å². The first-order chi connectivity index (χ1) is 14.0. The van der Waals surface area contributed by atoms with Gasteiger partial charge in [0.25, 0.3) is 5.56 Å². The molecule has 4 aromatic rings. The summed E-state index contributed by atoms with van der Waals surface area (Å²) in [4.78, 5) is 12.6. The third kappa shape index (κ3) is 4.17. The number of nitrogens with one attached hydrogen (secondary N) is 1. The molecule has 0 aliphatic rings. The molecule has 1 N–H and O–H groups in total. The first kappa shape index (κ1) is 19.6. The second-order valence-electron chi connectivity index (χ2n) is 6.24. The number of nitrogens with zero attached hydrogens (tertiary/aromatic N) is 4. The Labute approximate surface area is 180 Å². The van der Waals surface area contributed by atoms with E-state index < -0.39 is 5.56 Å². The summed E-state index contributed by atoms with van der Waals surface area (Å²) in [6.07, 6.45) is 1.51. The predicted octanol–water partition coefficient (Wildman–Crippen LogP) is 4.98. The van der Waals surface area contributed by atoms with E-state index in [-0.39, 0.29) is 5.02 Å². The zero-order chi connectivity index (χ0) is 20.4. The third-order valence-corrected chi connectivity index (χ3v) is 5.98. The van der Waals surface area contributed by atoms with Crippen molar-refractivity contribution in [3.8, 4) is 16.3 Å². The fraction of sp³-hybridized carbons (Fsp3) is 0.100. The van der Waals surface area contributed by atoms with Gasteiger partial charge >= 0.3 is 0 Å². The van der Waals surface area contributed by atoms with Crippen LogP contribution in [-0.4, -0.2) is 20.0 Å². The molecule has 4 rings (SSSR count). The van der Waals surface area contributed by atoms with Crippen LogP contribution in [0.3, 0.4) is 0 Å². The predicted molar refractivity (Wildman–Crippen MR) is 117 cm³/mol. The van der Waals surface area contributed by atoms with E-state index in [4.69, 9.17) is 23.2 Å². The van der Waals surface area contributed by atoms with Gasteiger partial charge in [0.05, 0.1) is 24.1 Å². The molecular weight excluding hydrogens is 429 g/mol. The Morgan fingerprint density at radius 2 is 1.90 bits per heavy atom. The zero-order valence-corrected chi connectivity index (χ0v) is 17.6. The zero-order valence-electron chi connectivity index (χ0n) is 15.3. The van der Waals surface area contributed by atoms with Gasteiger partial charge in [-0.05, 0) is 24.6 Å². The van der Waals surface area contributed by atoms with E-state index in [2.05, 4.69) is 20.6 Å². The standard InChI is InChI=1S/C20H15Cl2N5OS/c1-12-7-8-14(9-15(12)21)27-20(28)18(22)16(10-24-27)23-11-17-25-26-19(29-17)13-5-3-2-4-6-13/h2-10,23H,11H2,1H3. The maximum absolute atomic E-state index is 12.6. The van der Waals surface area contributed by atoms with Gasteiger partial charge in [-0.2, -0.15) is 9.78 Å². The summed E-state index contributed by atoms with van der Waals surface area (Å²) in [6.45, 7) is 2.27. The summed E-state index contributed by atoms with van der Waals surface area (Å²) in [7, 11) is 0. The second-order valence-corrected chi connectivity index (χ2v) is 8.09. The Bertz CT molecular complexity index is 1220. The lowest BCUT2D eigenvalue weighted by molar-refractivity contribution is 0.806. The first-order valence-electron chi connectivity index (χ1n) is 8.69. The summed E-state index contributed by atoms with van der Waals surface area (Å²) in [5.74, 6) is 0. The summed E-state index contributed by atoms with van der Waals surface area (Å²) in [5, 5.41) is 17.9. The minimum absolute atomic E-state index is 0.0458. The molecule has 2 aromatic heterocycles. The van der Waals surface area contributed by atoms with Crippen LogP contribution < -0.4 is 10.9 Å². The van der Waals surface area contributed by atoms with E-state index in [1.165, 1.54) is 22.2 Å². The molecule has 0 bridgehead atoms. The lowest BCUT2D eigenvalue weighted by atomic mass is 10.2. The van der Waals surface area contributed by atoms with Gasteiger partial charge in [0.1, 0.15) is 15.0 Å². The van der Waals surface area contributed by atoms with E-state index in [0.717, 1.165) is 21.1 Å². The van der Waals surface area contributed by atoms with Crippen LogP contribution in [0.2, 0.25) is 10.0 Å². The molecule has 2 heterocycles. The fourth-order valence-corrected chi connectivity index (χ4v) is 3.80. The maximum atomic E-state index is 12.6. The molecule has 0 amide bonds. The molecule has 0 aliphatic heterocycles. The normalized spacial score (nSPS) is 10.9. The van der Waals surface area contributed by atoms with E-state index in [1.807, 2.05) is 43.3 Å². The molecular formula is C20H15Cl2N5OS. The Hall–Kier alpha value is -2.74. The van der Waals surface area contributed by atoms with Gasteiger partial charge in [-0.25, -0.2) is 0 Å². The largest absolute Gasteiger partial charge is 0.376 e. The van der Waals surface area contributed by atoms with Crippen molar-refractivity contribution in [1.82, 2.24) is 20.0 Å². The molecule has 0 radical (unpaired) electrons. The summed E-state index contributed by atoms with van der Waals surface area (Å²) in [6, 6.07) is 15.1. The monoisotopic (exact) mass is 443 g/mol. The highest BCUT2D eigenvalue weighted by molar-refractivity contribution is 7.14. The van der Waals surface area contributed by atoms with Crippen LogP contribution in [0.15, 0.2) is 59.5 Å². The number of halogens is 2. The first-order valence-corrected chi connectivity index (χ1v) is 10.3. The summed E-state index contributed by atoms with van der Waals surface area (Å²) >= 11 is 13.9. The number of aryl methyl sites for hydroxylation is 1. The van der Waals surface area contributed by atoms with E-state index >= 15 is 0 Å². The minimum atomic E-state index is -0.432. The lowest BCUT2D eigenvalue weighted by Crippen LogP contribution is -2.22. The van der Waals surface area contributed by atoms with Crippen molar-refractivity contribution in [1.29, 1.82) is 0 Å². The smallest absolute Gasteiger partial charge is 0.292 e. The van der Waals surface area contributed by atoms with Crippen molar-refractivity contribution < 1.29 is 0 Å². The highest BCUT2D eigenvalue weighted by Gasteiger charge is 2.13. The van der Waals surface area contributed by atoms with E-state index in [1.54, 1.807) is 12.1 Å². The number of hydrogen-bond acceptors (Lipinski definition) is 6. The Morgan fingerprint density at radius 3 is 2.66 bits per heavy atom. The molecule has 9 heteroatoms. The van der Waals surface area contributed by atoms with Gasteiger partial charge in [-0.3, -0.25) is 4.79 Å². The van der Waals surface area contributed by atoms with E-state index in [0.29, 0.717) is 22.9 Å². The van der Waals surface area contributed by atoms with Gasteiger partial charge in [-0.15, -0.1) is 10.2 Å². The van der Waals surface area contributed by atoms with Gasteiger partial charge in [0.2, 0.25) is 0 Å². The molecule has 0 unspecified atom stereocenters. The van der Waals surface area contributed by atoms with E-state index in [9.17, 15) is 4.79 Å². The molecule has 2 aromatic carbocycles. The van der Waals surface area contributed by atoms with Crippen molar-refractivity contribution in [2.45, 2.75) is 13.5 Å². The highest BCUT2D eigenvalue weighted by Crippen LogP contribution is 2.25. The molecule has 0 atom stereocenters. The summed E-state index contributed by atoms with van der Waals surface area (Å²) < 4.78 is 1.22. The van der Waals surface area contributed by atoms with Crippen LogP contribution in [0.25, 0.3) is 16.3 Å². The molecule has 0 spiro atoms. The SMILES string of the molecule is Cc1ccc(-n2ncc(NCc3nnc(-c4ccccc4)s3)c(Cl)c2=O)cc1Cl. The average Bonchev–Trinajstić information content (AvgIpc) is 3.21. The van der Waals surface area contributed by atoms with Gasteiger partial charge in [-0.1, -0.05) is 70.9 Å². The summed E-state index contributed by atoms with van der Waals surface area (Å²) in [5.41, 5.74) is 2.48. The average molecular weight is 444 g/mol. The third-order valence-electron chi connectivity index (χ3n) is 4.24. The second kappa shape index (κ2) is 8.32. The number of rotatable bonds is 5. The number of aromatic nitrogens is 4. The molecule has 0 aliphatic carbocycles. The van der Waals surface area contributed by atoms with Crippen molar-refractivity contribution in [2.24, 2.45) is 0 Å². The maximum Gasteiger partial charge on any atom is 0.292 e. The Balaban J connectivity index is 1.53. The molecule has 146 valence electrons. The van der Waals surface area contributed by atoms with Gasteiger partial charge in [0, 0.05) is 10.6 Å². The van der Waals surface area contributed by atoms with Crippen molar-refractivity contribution >= 4 is 40.2 Å². The highest BCUT2D eigenvalue weighted by atomic mass is 35.5. The van der Waals surface area contributed by atoms with Crippen LogP contribution in [-0.2, 0) is 6.54 Å². The number of hydrogen-bond donors (Lipinski definition) is 1. The molecule has 0 fully saturated rings. The minimum Gasteiger partial charge on any atom is -0.376 e.